The van der Waals surface area contributed by atoms with Crippen LogP contribution in [0.5, 0.6) is 5.75 Å². The summed E-state index contributed by atoms with van der Waals surface area (Å²) >= 11 is 0. The van der Waals surface area contributed by atoms with E-state index in [9.17, 15) is 0 Å². The summed E-state index contributed by atoms with van der Waals surface area (Å²) in [6.07, 6.45) is 0.711. The minimum atomic E-state index is 0.0402. The highest BCUT2D eigenvalue weighted by Gasteiger charge is 2.25. The molecule has 1 N–H and O–H groups in total. The van der Waals surface area contributed by atoms with E-state index in [2.05, 4.69) is 20.8 Å². The number of benzene rings is 1. The molecule has 0 spiro atoms. The molecule has 15 heavy (non-hydrogen) atoms. The fourth-order valence-corrected chi connectivity index (χ4v) is 1.45. The summed E-state index contributed by atoms with van der Waals surface area (Å²) in [5, 5.41) is 9.00. The molecule has 0 aliphatic heterocycles. The normalized spacial score (nSPS) is 13.6. The molecule has 0 bridgehead atoms. The summed E-state index contributed by atoms with van der Waals surface area (Å²) in [6.45, 7) is 6.53. The van der Waals surface area contributed by atoms with Gasteiger partial charge in [0.25, 0.3) is 0 Å². The summed E-state index contributed by atoms with van der Waals surface area (Å²) in [6, 6.07) is 9.75. The lowest BCUT2D eigenvalue weighted by Crippen LogP contribution is -2.33. The van der Waals surface area contributed by atoms with Gasteiger partial charge in [-0.1, -0.05) is 39.0 Å². The van der Waals surface area contributed by atoms with Crippen molar-refractivity contribution in [3.05, 3.63) is 30.3 Å². The van der Waals surface area contributed by atoms with Crippen molar-refractivity contribution in [2.75, 3.05) is 6.61 Å². The molecule has 1 aromatic rings. The SMILES string of the molecule is CC(C)(C)C(CCO)Oc1ccccc1. The highest BCUT2D eigenvalue weighted by molar-refractivity contribution is 5.21. The van der Waals surface area contributed by atoms with Gasteiger partial charge in [0, 0.05) is 13.0 Å². The van der Waals surface area contributed by atoms with Crippen LogP contribution in [0, 0.1) is 5.41 Å². The standard InChI is InChI=1S/C13H20O2/c1-13(2,3)12(9-10-14)15-11-7-5-4-6-8-11/h4-8,12,14H,9-10H2,1-3H3. The van der Waals surface area contributed by atoms with Crippen LogP contribution >= 0.6 is 0 Å². The monoisotopic (exact) mass is 208 g/mol. The molecule has 1 atom stereocenters. The van der Waals surface area contributed by atoms with Crippen LogP contribution in [0.15, 0.2) is 30.3 Å². The number of hydrogen-bond acceptors (Lipinski definition) is 2. The van der Waals surface area contributed by atoms with Crippen molar-refractivity contribution >= 4 is 0 Å². The highest BCUT2D eigenvalue weighted by Crippen LogP contribution is 2.26. The third kappa shape index (κ3) is 3.92. The van der Waals surface area contributed by atoms with Gasteiger partial charge in [0.2, 0.25) is 0 Å². The Balaban J connectivity index is 2.67. The fraction of sp³-hybridized carbons (Fsp3) is 0.538. The van der Waals surface area contributed by atoms with E-state index in [1.54, 1.807) is 0 Å². The summed E-state index contributed by atoms with van der Waals surface area (Å²) in [4.78, 5) is 0. The molecule has 0 saturated carbocycles. The first-order valence-corrected chi connectivity index (χ1v) is 5.36. The van der Waals surface area contributed by atoms with Gasteiger partial charge in [-0.05, 0) is 17.5 Å². The van der Waals surface area contributed by atoms with E-state index >= 15 is 0 Å². The molecule has 0 aromatic heterocycles. The van der Waals surface area contributed by atoms with Crippen molar-refractivity contribution in [3.63, 3.8) is 0 Å². The lowest BCUT2D eigenvalue weighted by Gasteiger charge is -2.30. The predicted molar refractivity (Wildman–Crippen MR) is 62.0 cm³/mol. The lowest BCUT2D eigenvalue weighted by molar-refractivity contribution is 0.0617. The van der Waals surface area contributed by atoms with Crippen LogP contribution < -0.4 is 4.74 Å². The van der Waals surface area contributed by atoms with E-state index in [1.165, 1.54) is 0 Å². The Morgan fingerprint density at radius 3 is 2.27 bits per heavy atom. The Bertz CT molecular complexity index is 274. The second-order valence-electron chi connectivity index (χ2n) is 4.80. The molecule has 0 radical (unpaired) electrons. The zero-order valence-electron chi connectivity index (χ0n) is 9.73. The van der Waals surface area contributed by atoms with Crippen molar-refractivity contribution < 1.29 is 9.84 Å². The predicted octanol–water partition coefficient (Wildman–Crippen LogP) is 2.86. The Morgan fingerprint density at radius 2 is 1.80 bits per heavy atom. The van der Waals surface area contributed by atoms with Gasteiger partial charge in [-0.25, -0.2) is 0 Å². The first-order chi connectivity index (χ1) is 7.04. The summed E-state index contributed by atoms with van der Waals surface area (Å²) in [7, 11) is 0. The zero-order chi connectivity index (χ0) is 11.3. The van der Waals surface area contributed by atoms with Crippen molar-refractivity contribution in [3.8, 4) is 5.75 Å². The highest BCUT2D eigenvalue weighted by atomic mass is 16.5. The second kappa shape index (κ2) is 5.17. The Morgan fingerprint density at radius 1 is 1.20 bits per heavy atom. The van der Waals surface area contributed by atoms with Crippen LogP contribution in [-0.2, 0) is 0 Å². The number of para-hydroxylation sites is 1. The molecular formula is C13H20O2. The maximum absolute atomic E-state index is 9.00. The van der Waals surface area contributed by atoms with E-state index in [0.717, 1.165) is 5.75 Å². The molecule has 1 aromatic carbocycles. The van der Waals surface area contributed by atoms with Crippen LogP contribution in [0.4, 0.5) is 0 Å². The first kappa shape index (κ1) is 12.1. The molecule has 0 aliphatic carbocycles. The minimum Gasteiger partial charge on any atom is -0.490 e. The van der Waals surface area contributed by atoms with Gasteiger partial charge in [-0.15, -0.1) is 0 Å². The van der Waals surface area contributed by atoms with E-state index in [-0.39, 0.29) is 18.1 Å². The molecule has 1 rings (SSSR count). The van der Waals surface area contributed by atoms with Gasteiger partial charge in [0.05, 0.1) is 0 Å². The molecule has 84 valence electrons. The second-order valence-corrected chi connectivity index (χ2v) is 4.80. The average Bonchev–Trinajstić information content (AvgIpc) is 2.17. The van der Waals surface area contributed by atoms with Gasteiger partial charge in [0.1, 0.15) is 11.9 Å². The van der Waals surface area contributed by atoms with Crippen molar-refractivity contribution in [2.24, 2.45) is 5.41 Å². The first-order valence-electron chi connectivity index (χ1n) is 5.36. The maximum Gasteiger partial charge on any atom is 0.119 e. The summed E-state index contributed by atoms with van der Waals surface area (Å²) in [5.41, 5.74) is 0.0402. The van der Waals surface area contributed by atoms with E-state index < -0.39 is 0 Å². The van der Waals surface area contributed by atoms with E-state index in [4.69, 9.17) is 9.84 Å². The van der Waals surface area contributed by atoms with Crippen LogP contribution in [0.3, 0.4) is 0 Å². The molecule has 2 heteroatoms. The molecule has 0 heterocycles. The topological polar surface area (TPSA) is 29.5 Å². The van der Waals surface area contributed by atoms with Gasteiger partial charge < -0.3 is 9.84 Å². The fourth-order valence-electron chi connectivity index (χ4n) is 1.45. The number of ether oxygens (including phenoxy) is 1. The van der Waals surface area contributed by atoms with Crippen LogP contribution in [0.2, 0.25) is 0 Å². The molecule has 0 aliphatic rings. The number of aliphatic hydroxyl groups is 1. The molecule has 0 amide bonds. The van der Waals surface area contributed by atoms with Crippen LogP contribution in [-0.4, -0.2) is 17.8 Å². The Hall–Kier alpha value is -1.02. The number of hydrogen-bond donors (Lipinski definition) is 1. The van der Waals surface area contributed by atoms with E-state index in [0.29, 0.717) is 6.42 Å². The summed E-state index contributed by atoms with van der Waals surface area (Å²) in [5.74, 6) is 0.867. The third-order valence-corrected chi connectivity index (χ3v) is 2.38. The largest absolute Gasteiger partial charge is 0.490 e. The van der Waals surface area contributed by atoms with Crippen molar-refractivity contribution in [1.29, 1.82) is 0 Å². The average molecular weight is 208 g/mol. The maximum atomic E-state index is 9.00. The number of aliphatic hydroxyl groups excluding tert-OH is 1. The van der Waals surface area contributed by atoms with Crippen LogP contribution in [0.1, 0.15) is 27.2 Å². The summed E-state index contributed by atoms with van der Waals surface area (Å²) < 4.78 is 5.86. The molecule has 0 saturated heterocycles. The molecule has 0 fully saturated rings. The Labute approximate surface area is 91.9 Å². The third-order valence-electron chi connectivity index (χ3n) is 2.38. The van der Waals surface area contributed by atoms with E-state index in [1.807, 2.05) is 30.3 Å². The van der Waals surface area contributed by atoms with Crippen molar-refractivity contribution in [1.82, 2.24) is 0 Å². The molecule has 2 nitrogen and oxygen atoms in total. The quantitative estimate of drug-likeness (QED) is 0.824. The minimum absolute atomic E-state index is 0.0402. The molecule has 1 unspecified atom stereocenters. The van der Waals surface area contributed by atoms with Gasteiger partial charge in [-0.2, -0.15) is 0 Å². The molecular weight excluding hydrogens is 188 g/mol. The number of rotatable bonds is 4. The van der Waals surface area contributed by atoms with Gasteiger partial charge >= 0.3 is 0 Å². The smallest absolute Gasteiger partial charge is 0.119 e. The lowest BCUT2D eigenvalue weighted by atomic mass is 9.87. The zero-order valence-corrected chi connectivity index (χ0v) is 9.73. The van der Waals surface area contributed by atoms with Crippen LogP contribution in [0.25, 0.3) is 0 Å². The van der Waals surface area contributed by atoms with Gasteiger partial charge in [0.15, 0.2) is 0 Å². The van der Waals surface area contributed by atoms with Gasteiger partial charge in [-0.3, -0.25) is 0 Å². The Kier molecular flexibility index (Phi) is 4.15. The van der Waals surface area contributed by atoms with Crippen molar-refractivity contribution in [2.45, 2.75) is 33.3 Å².